The molecule has 0 amide bonds. The first-order valence-electron chi connectivity index (χ1n) is 8.98. The third kappa shape index (κ3) is 4.21. The number of ether oxygens (including phenoxy) is 1. The number of hydrogen-bond donors (Lipinski definition) is 0. The monoisotopic (exact) mass is 371 g/mol. The Morgan fingerprint density at radius 3 is 2.72 bits per heavy atom. The number of methoxy groups -OCH3 is 1. The first-order valence-corrected chi connectivity index (χ1v) is 10.5. The van der Waals surface area contributed by atoms with Crippen LogP contribution in [0.4, 0.5) is 0 Å². The van der Waals surface area contributed by atoms with Gasteiger partial charge in [0.2, 0.25) is 10.0 Å². The van der Waals surface area contributed by atoms with Gasteiger partial charge in [-0.3, -0.25) is 4.90 Å². The van der Waals surface area contributed by atoms with Crippen molar-refractivity contribution >= 4 is 10.0 Å². The molecular formula is C16H29N5O3S. The van der Waals surface area contributed by atoms with Gasteiger partial charge in [0.25, 0.3) is 0 Å². The summed E-state index contributed by atoms with van der Waals surface area (Å²) in [6.45, 7) is 2.91. The van der Waals surface area contributed by atoms with E-state index in [2.05, 4.69) is 19.7 Å². The first kappa shape index (κ1) is 18.8. The maximum absolute atomic E-state index is 12.8. The summed E-state index contributed by atoms with van der Waals surface area (Å²) in [6, 6.07) is 0. The Morgan fingerprint density at radius 2 is 2.04 bits per heavy atom. The van der Waals surface area contributed by atoms with Crippen LogP contribution in [0.25, 0.3) is 0 Å². The molecule has 8 nitrogen and oxygen atoms in total. The molecule has 1 aromatic rings. The molecule has 2 heterocycles. The number of nitrogens with zero attached hydrogens (tertiary/aromatic N) is 5. The molecule has 1 aliphatic carbocycles. The number of aromatic nitrogens is 3. The molecule has 2 fully saturated rings. The second-order valence-corrected chi connectivity index (χ2v) is 9.49. The summed E-state index contributed by atoms with van der Waals surface area (Å²) in [5.74, 6) is 2.55. The molecule has 1 saturated heterocycles. The van der Waals surface area contributed by atoms with Crippen LogP contribution in [0, 0.1) is 0 Å². The molecule has 0 bridgehead atoms. The van der Waals surface area contributed by atoms with Crippen LogP contribution >= 0.6 is 0 Å². The van der Waals surface area contributed by atoms with Gasteiger partial charge in [-0.25, -0.2) is 12.7 Å². The highest BCUT2D eigenvalue weighted by Gasteiger charge is 2.34. The van der Waals surface area contributed by atoms with Crippen molar-refractivity contribution in [2.45, 2.75) is 43.4 Å². The zero-order valence-electron chi connectivity index (χ0n) is 15.4. The lowest BCUT2D eigenvalue weighted by Gasteiger charge is -2.34. The number of rotatable bonds is 8. The van der Waals surface area contributed by atoms with Crippen molar-refractivity contribution in [3.05, 3.63) is 11.6 Å². The van der Waals surface area contributed by atoms with E-state index < -0.39 is 10.0 Å². The van der Waals surface area contributed by atoms with E-state index in [1.165, 1.54) is 17.1 Å². The molecule has 0 spiro atoms. The van der Waals surface area contributed by atoms with Gasteiger partial charge in [-0.15, -0.1) is 10.2 Å². The van der Waals surface area contributed by atoms with Crippen LogP contribution in [0.3, 0.4) is 0 Å². The van der Waals surface area contributed by atoms with Crippen LogP contribution in [0.1, 0.15) is 43.3 Å². The third-order valence-electron chi connectivity index (χ3n) is 5.23. The Morgan fingerprint density at radius 1 is 1.28 bits per heavy atom. The standard InChI is InChI=1S/C16H29N5O3S/c1-19(9-10-24-3)25(22,23)14-5-4-8-21(11-14)12-15-17-18-16(20(15)2)13-6-7-13/h13-14H,4-12H2,1-3H3. The number of sulfonamides is 1. The quantitative estimate of drug-likeness (QED) is 0.664. The number of hydrogen-bond acceptors (Lipinski definition) is 6. The van der Waals surface area contributed by atoms with Crippen molar-refractivity contribution in [2.24, 2.45) is 7.05 Å². The highest BCUT2D eigenvalue weighted by Crippen LogP contribution is 2.38. The molecule has 0 aromatic carbocycles. The maximum atomic E-state index is 12.8. The van der Waals surface area contributed by atoms with Gasteiger partial charge in [0.05, 0.1) is 18.4 Å². The lowest BCUT2D eigenvalue weighted by atomic mass is 10.1. The number of likely N-dealkylation sites (tertiary alicyclic amines) is 1. The van der Waals surface area contributed by atoms with Gasteiger partial charge in [0.15, 0.2) is 0 Å². The molecule has 9 heteroatoms. The highest BCUT2D eigenvalue weighted by atomic mass is 32.2. The molecule has 25 heavy (non-hydrogen) atoms. The predicted molar refractivity (Wildman–Crippen MR) is 94.7 cm³/mol. The van der Waals surface area contributed by atoms with Gasteiger partial charge < -0.3 is 9.30 Å². The average molecular weight is 372 g/mol. The molecular weight excluding hydrogens is 342 g/mol. The van der Waals surface area contributed by atoms with Crippen molar-refractivity contribution in [1.82, 2.24) is 24.0 Å². The lowest BCUT2D eigenvalue weighted by Crippen LogP contribution is -2.47. The molecule has 3 rings (SSSR count). The fraction of sp³-hybridized carbons (Fsp3) is 0.875. The van der Waals surface area contributed by atoms with E-state index in [9.17, 15) is 8.42 Å². The fourth-order valence-corrected chi connectivity index (χ4v) is 5.11. The smallest absolute Gasteiger partial charge is 0.218 e. The molecule has 0 N–H and O–H groups in total. The van der Waals surface area contributed by atoms with Crippen molar-refractivity contribution in [3.8, 4) is 0 Å². The topological polar surface area (TPSA) is 80.6 Å². The first-order chi connectivity index (χ1) is 11.9. The van der Waals surface area contributed by atoms with Gasteiger partial charge in [0, 0.05) is 40.2 Å². The summed E-state index contributed by atoms with van der Waals surface area (Å²) in [5, 5.41) is 8.29. The van der Waals surface area contributed by atoms with E-state index in [0.29, 0.717) is 38.6 Å². The van der Waals surface area contributed by atoms with E-state index in [1.54, 1.807) is 14.2 Å². The summed E-state index contributed by atoms with van der Waals surface area (Å²) in [6.07, 6.45) is 3.99. The summed E-state index contributed by atoms with van der Waals surface area (Å²) in [5.41, 5.74) is 0. The van der Waals surface area contributed by atoms with Crippen molar-refractivity contribution < 1.29 is 13.2 Å². The Kier molecular flexibility index (Phi) is 5.77. The second-order valence-electron chi connectivity index (χ2n) is 7.17. The molecule has 1 saturated carbocycles. The minimum atomic E-state index is -3.30. The molecule has 0 radical (unpaired) electrons. The average Bonchev–Trinajstić information content (AvgIpc) is 3.38. The van der Waals surface area contributed by atoms with E-state index in [1.807, 2.05) is 7.05 Å². The van der Waals surface area contributed by atoms with Crippen LogP contribution in [-0.2, 0) is 28.4 Å². The van der Waals surface area contributed by atoms with Gasteiger partial charge in [-0.1, -0.05) is 0 Å². The molecule has 142 valence electrons. The number of piperidine rings is 1. The normalized spacial score (nSPS) is 22.6. The fourth-order valence-electron chi connectivity index (χ4n) is 3.41. The largest absolute Gasteiger partial charge is 0.383 e. The molecule has 1 aromatic heterocycles. The van der Waals surface area contributed by atoms with Crippen LogP contribution in [0.2, 0.25) is 0 Å². The van der Waals surface area contributed by atoms with Crippen molar-refractivity contribution in [2.75, 3.05) is 40.4 Å². The third-order valence-corrected chi connectivity index (χ3v) is 7.51. The van der Waals surface area contributed by atoms with E-state index in [0.717, 1.165) is 24.6 Å². The van der Waals surface area contributed by atoms with Crippen LogP contribution < -0.4 is 0 Å². The molecule has 1 aliphatic heterocycles. The Labute approximate surface area is 150 Å². The summed E-state index contributed by atoms with van der Waals surface area (Å²) in [7, 11) is 1.93. The minimum Gasteiger partial charge on any atom is -0.383 e. The number of likely N-dealkylation sites (N-methyl/N-ethyl adjacent to an activating group) is 1. The summed E-state index contributed by atoms with van der Waals surface area (Å²) < 4.78 is 34.1. The van der Waals surface area contributed by atoms with E-state index in [-0.39, 0.29) is 5.25 Å². The zero-order valence-corrected chi connectivity index (χ0v) is 16.2. The predicted octanol–water partition coefficient (Wildman–Crippen LogP) is 0.565. The maximum Gasteiger partial charge on any atom is 0.218 e. The van der Waals surface area contributed by atoms with E-state index >= 15 is 0 Å². The van der Waals surface area contributed by atoms with Crippen molar-refractivity contribution in [3.63, 3.8) is 0 Å². The second kappa shape index (κ2) is 7.69. The zero-order chi connectivity index (χ0) is 18.0. The lowest BCUT2D eigenvalue weighted by molar-refractivity contribution is 0.182. The summed E-state index contributed by atoms with van der Waals surface area (Å²) >= 11 is 0. The van der Waals surface area contributed by atoms with Crippen molar-refractivity contribution in [1.29, 1.82) is 0 Å². The van der Waals surface area contributed by atoms with Gasteiger partial charge in [-0.2, -0.15) is 0 Å². The molecule has 2 aliphatic rings. The summed E-state index contributed by atoms with van der Waals surface area (Å²) in [4.78, 5) is 2.19. The van der Waals surface area contributed by atoms with Crippen LogP contribution in [0.15, 0.2) is 0 Å². The van der Waals surface area contributed by atoms with Gasteiger partial charge in [-0.05, 0) is 32.2 Å². The molecule has 1 atom stereocenters. The minimum absolute atomic E-state index is 0.362. The van der Waals surface area contributed by atoms with Gasteiger partial charge in [0.1, 0.15) is 11.6 Å². The molecule has 1 unspecified atom stereocenters. The Balaban J connectivity index is 1.63. The van der Waals surface area contributed by atoms with Crippen LogP contribution in [-0.4, -0.2) is 78.0 Å². The van der Waals surface area contributed by atoms with E-state index in [4.69, 9.17) is 4.74 Å². The Bertz CT molecular complexity index is 686. The Hall–Kier alpha value is -1.03. The highest BCUT2D eigenvalue weighted by molar-refractivity contribution is 7.89. The van der Waals surface area contributed by atoms with Crippen LogP contribution in [0.5, 0.6) is 0 Å². The van der Waals surface area contributed by atoms with Gasteiger partial charge >= 0.3 is 0 Å². The SMILES string of the molecule is COCCN(C)S(=O)(=O)C1CCCN(Cc2nnc(C3CC3)n2C)C1.